The molecule has 1 aromatic heterocycles. The van der Waals surface area contributed by atoms with Crippen LogP contribution in [0, 0.1) is 0 Å². The van der Waals surface area contributed by atoms with Crippen LogP contribution in [0.15, 0.2) is 29.4 Å². The van der Waals surface area contributed by atoms with Gasteiger partial charge in [0.15, 0.2) is 5.16 Å². The average molecular weight is 420 g/mol. The van der Waals surface area contributed by atoms with E-state index in [4.69, 9.17) is 4.74 Å². The number of benzene rings is 1. The Bertz CT molecular complexity index is 847. The highest BCUT2D eigenvalue weighted by Gasteiger charge is 2.22. The number of amides is 1. The van der Waals surface area contributed by atoms with Crippen LogP contribution in [0.2, 0.25) is 0 Å². The van der Waals surface area contributed by atoms with Gasteiger partial charge in [-0.3, -0.25) is 9.59 Å². The van der Waals surface area contributed by atoms with E-state index in [-0.39, 0.29) is 29.8 Å². The highest BCUT2D eigenvalue weighted by Crippen LogP contribution is 2.21. The molecule has 10 heteroatoms. The molecule has 1 aliphatic rings. The number of carbonyl (C=O) groups is 2. The molecule has 1 fully saturated rings. The lowest BCUT2D eigenvalue weighted by Gasteiger charge is -2.36. The molecule has 1 aliphatic heterocycles. The van der Waals surface area contributed by atoms with Crippen molar-refractivity contribution in [1.29, 1.82) is 0 Å². The summed E-state index contributed by atoms with van der Waals surface area (Å²) in [5.41, 5.74) is 1.04. The van der Waals surface area contributed by atoms with Crippen LogP contribution in [0.4, 0.5) is 5.69 Å². The van der Waals surface area contributed by atoms with Crippen LogP contribution in [-0.2, 0) is 27.8 Å². The van der Waals surface area contributed by atoms with Crippen LogP contribution >= 0.6 is 11.8 Å². The van der Waals surface area contributed by atoms with E-state index in [2.05, 4.69) is 15.1 Å². The van der Waals surface area contributed by atoms with Crippen molar-refractivity contribution in [2.24, 2.45) is 7.05 Å². The second kappa shape index (κ2) is 9.64. The molecule has 0 spiro atoms. The van der Waals surface area contributed by atoms with Gasteiger partial charge in [-0.1, -0.05) is 11.8 Å². The van der Waals surface area contributed by atoms with Crippen molar-refractivity contribution in [3.05, 3.63) is 30.1 Å². The van der Waals surface area contributed by atoms with Crippen molar-refractivity contribution in [3.8, 4) is 5.75 Å². The van der Waals surface area contributed by atoms with Gasteiger partial charge in [0.05, 0.1) is 12.4 Å². The van der Waals surface area contributed by atoms with Crippen LogP contribution < -0.4 is 4.90 Å². The van der Waals surface area contributed by atoms with E-state index in [1.807, 2.05) is 17.0 Å². The van der Waals surface area contributed by atoms with Crippen molar-refractivity contribution >= 4 is 29.3 Å². The van der Waals surface area contributed by atoms with Gasteiger partial charge in [0, 0.05) is 38.9 Å². The molecule has 29 heavy (non-hydrogen) atoms. The molecule has 0 bridgehead atoms. The first-order valence-corrected chi connectivity index (χ1v) is 10.4. The average Bonchev–Trinajstić information content (AvgIpc) is 3.06. The number of carbonyl (C=O) groups excluding carboxylic acids is 2. The minimum atomic E-state index is -0.345. The fourth-order valence-corrected chi connectivity index (χ4v) is 3.89. The van der Waals surface area contributed by atoms with Crippen LogP contribution in [0.1, 0.15) is 12.7 Å². The van der Waals surface area contributed by atoms with Gasteiger partial charge in [-0.05, 0) is 31.2 Å². The summed E-state index contributed by atoms with van der Waals surface area (Å²) in [6, 6.07) is 7.09. The molecule has 1 N–H and O–H groups in total. The van der Waals surface area contributed by atoms with Gasteiger partial charge in [0.1, 0.15) is 18.0 Å². The van der Waals surface area contributed by atoms with E-state index >= 15 is 0 Å². The number of thioether (sulfide) groups is 1. The summed E-state index contributed by atoms with van der Waals surface area (Å²) < 4.78 is 6.65. The van der Waals surface area contributed by atoms with Crippen molar-refractivity contribution in [1.82, 2.24) is 19.7 Å². The Morgan fingerprint density at radius 1 is 1.14 bits per heavy atom. The van der Waals surface area contributed by atoms with Crippen molar-refractivity contribution < 1.29 is 19.4 Å². The number of rotatable bonds is 7. The fraction of sp³-hybridized carbons (Fsp3) is 0.474. The van der Waals surface area contributed by atoms with Gasteiger partial charge in [-0.25, -0.2) is 0 Å². The number of esters is 1. The SMILES string of the molecule is CCOC(=O)Cc1nnc(SCC(=O)N2CCN(c3ccc(O)cc3)CC2)n1C. The summed E-state index contributed by atoms with van der Waals surface area (Å²) in [6.45, 7) is 4.86. The van der Waals surface area contributed by atoms with Gasteiger partial charge in [0.25, 0.3) is 0 Å². The van der Waals surface area contributed by atoms with Gasteiger partial charge in [-0.15, -0.1) is 10.2 Å². The second-order valence-corrected chi connectivity index (χ2v) is 7.56. The van der Waals surface area contributed by atoms with Crippen molar-refractivity contribution in [3.63, 3.8) is 0 Å². The summed E-state index contributed by atoms with van der Waals surface area (Å²) >= 11 is 1.31. The van der Waals surface area contributed by atoms with Gasteiger partial charge in [0.2, 0.25) is 5.91 Å². The molecule has 156 valence electrons. The molecule has 3 rings (SSSR count). The van der Waals surface area contributed by atoms with Crippen LogP contribution in [0.5, 0.6) is 5.75 Å². The first kappa shape index (κ1) is 21.0. The molecule has 0 aliphatic carbocycles. The number of ether oxygens (including phenoxy) is 1. The maximum atomic E-state index is 12.6. The first-order valence-electron chi connectivity index (χ1n) is 9.46. The van der Waals surface area contributed by atoms with E-state index in [0.29, 0.717) is 30.7 Å². The molecule has 1 aromatic carbocycles. The molecule has 0 unspecified atom stereocenters. The molecular formula is C19H25N5O4S. The lowest BCUT2D eigenvalue weighted by atomic mass is 10.2. The lowest BCUT2D eigenvalue weighted by molar-refractivity contribution is -0.142. The topological polar surface area (TPSA) is 101 Å². The van der Waals surface area contributed by atoms with E-state index in [1.54, 1.807) is 30.7 Å². The normalized spacial score (nSPS) is 14.1. The number of aromatic hydroxyl groups is 1. The minimum absolute atomic E-state index is 0.0512. The Balaban J connectivity index is 1.47. The standard InChI is InChI=1S/C19H25N5O4S/c1-3-28-18(27)12-16-20-21-19(22(16)2)29-13-17(26)24-10-8-23(9-11-24)14-4-6-15(25)7-5-14/h4-7,25H,3,8-13H2,1-2H3. The summed E-state index contributed by atoms with van der Waals surface area (Å²) in [6.07, 6.45) is 0.0606. The van der Waals surface area contributed by atoms with Crippen molar-refractivity contribution in [2.45, 2.75) is 18.5 Å². The zero-order chi connectivity index (χ0) is 20.8. The third kappa shape index (κ3) is 5.41. The van der Waals surface area contributed by atoms with Gasteiger partial charge in [-0.2, -0.15) is 0 Å². The quantitative estimate of drug-likeness (QED) is 0.525. The number of aromatic nitrogens is 3. The highest BCUT2D eigenvalue weighted by molar-refractivity contribution is 7.99. The molecule has 0 saturated carbocycles. The number of nitrogens with zero attached hydrogens (tertiary/aromatic N) is 5. The van der Waals surface area contributed by atoms with Gasteiger partial charge >= 0.3 is 5.97 Å². The van der Waals surface area contributed by atoms with E-state index in [9.17, 15) is 14.7 Å². The van der Waals surface area contributed by atoms with Crippen molar-refractivity contribution in [2.75, 3.05) is 43.4 Å². The molecule has 2 aromatic rings. The van der Waals surface area contributed by atoms with Crippen LogP contribution in [-0.4, -0.2) is 75.2 Å². The monoisotopic (exact) mass is 419 g/mol. The molecule has 9 nitrogen and oxygen atoms in total. The Labute approximate surface area is 173 Å². The molecule has 2 heterocycles. The fourth-order valence-electron chi connectivity index (χ4n) is 3.06. The molecule has 0 atom stereocenters. The Morgan fingerprint density at radius 3 is 2.48 bits per heavy atom. The predicted octanol–water partition coefficient (Wildman–Crippen LogP) is 1.07. The lowest BCUT2D eigenvalue weighted by Crippen LogP contribution is -2.49. The molecule has 1 saturated heterocycles. The Kier molecular flexibility index (Phi) is 6.97. The number of hydrogen-bond donors (Lipinski definition) is 1. The highest BCUT2D eigenvalue weighted by atomic mass is 32.2. The van der Waals surface area contributed by atoms with Crippen LogP contribution in [0.25, 0.3) is 0 Å². The zero-order valence-electron chi connectivity index (χ0n) is 16.6. The smallest absolute Gasteiger partial charge is 0.313 e. The summed E-state index contributed by atoms with van der Waals surface area (Å²) in [7, 11) is 1.78. The number of phenolic OH excluding ortho intramolecular Hbond substituents is 1. The van der Waals surface area contributed by atoms with E-state index in [1.165, 1.54) is 11.8 Å². The second-order valence-electron chi connectivity index (χ2n) is 6.61. The molecule has 0 radical (unpaired) electrons. The third-order valence-corrected chi connectivity index (χ3v) is 5.71. The third-order valence-electron chi connectivity index (χ3n) is 4.70. The number of hydrogen-bond acceptors (Lipinski definition) is 8. The maximum absolute atomic E-state index is 12.6. The molecular weight excluding hydrogens is 394 g/mol. The summed E-state index contributed by atoms with van der Waals surface area (Å²) in [4.78, 5) is 28.2. The first-order chi connectivity index (χ1) is 14.0. The number of anilines is 1. The summed E-state index contributed by atoms with van der Waals surface area (Å²) in [5, 5.41) is 18.1. The van der Waals surface area contributed by atoms with E-state index in [0.717, 1.165) is 18.8 Å². The zero-order valence-corrected chi connectivity index (χ0v) is 17.4. The van der Waals surface area contributed by atoms with Crippen LogP contribution in [0.3, 0.4) is 0 Å². The largest absolute Gasteiger partial charge is 0.508 e. The van der Waals surface area contributed by atoms with E-state index < -0.39 is 0 Å². The molecule has 1 amide bonds. The van der Waals surface area contributed by atoms with Gasteiger partial charge < -0.3 is 24.2 Å². The number of piperazine rings is 1. The number of phenols is 1. The summed E-state index contributed by atoms with van der Waals surface area (Å²) in [5.74, 6) is 0.733. The maximum Gasteiger partial charge on any atom is 0.313 e. The Hall–Kier alpha value is -2.75. The predicted molar refractivity (Wildman–Crippen MR) is 109 cm³/mol. The minimum Gasteiger partial charge on any atom is -0.508 e. The Morgan fingerprint density at radius 2 is 1.83 bits per heavy atom.